The number of hydrogen-bond acceptors (Lipinski definition) is 4. The van der Waals surface area contributed by atoms with Gasteiger partial charge >= 0.3 is 0 Å². The van der Waals surface area contributed by atoms with Crippen molar-refractivity contribution in [2.75, 3.05) is 7.11 Å². The summed E-state index contributed by atoms with van der Waals surface area (Å²) >= 11 is 13.6. The summed E-state index contributed by atoms with van der Waals surface area (Å²) in [4.78, 5) is 11.2. The van der Waals surface area contributed by atoms with Crippen LogP contribution in [-0.4, -0.2) is 32.7 Å². The van der Waals surface area contributed by atoms with Gasteiger partial charge in [-0.1, -0.05) is 29.3 Å². The number of ether oxygens (including phenoxy) is 1. The first kappa shape index (κ1) is 16.0. The highest BCUT2D eigenvalue weighted by molar-refractivity contribution is 8.05. The van der Waals surface area contributed by atoms with E-state index in [4.69, 9.17) is 27.9 Å². The van der Waals surface area contributed by atoms with Gasteiger partial charge in [-0.3, -0.25) is 9.00 Å². The van der Waals surface area contributed by atoms with Crippen LogP contribution in [0, 0.1) is 0 Å². The summed E-state index contributed by atoms with van der Waals surface area (Å²) in [6, 6.07) is 3.39. The van der Waals surface area contributed by atoms with Gasteiger partial charge in [0.25, 0.3) is 0 Å². The van der Waals surface area contributed by atoms with Crippen molar-refractivity contribution < 1.29 is 13.7 Å². The van der Waals surface area contributed by atoms with Crippen LogP contribution >= 0.6 is 34.5 Å². The fourth-order valence-corrected chi connectivity index (χ4v) is 5.31. The number of halogens is 2. The molecule has 1 aromatic rings. The third-order valence-electron chi connectivity index (χ3n) is 2.39. The number of hydrogen-bond donors (Lipinski definition) is 0. The van der Waals surface area contributed by atoms with Crippen LogP contribution in [0.2, 0.25) is 0 Å². The minimum absolute atomic E-state index is 0.0125. The second-order valence-electron chi connectivity index (χ2n) is 3.80. The Morgan fingerprint density at radius 2 is 2.28 bits per heavy atom. The molecule has 0 N–H and O–H groups in total. The SMILES string of the molecule is C=S(=O)(c1cccs1)C(Cl)(Cl)C(CC(C)=O)OC. The molecule has 7 heteroatoms. The van der Waals surface area contributed by atoms with Crippen molar-refractivity contribution in [2.45, 2.75) is 27.3 Å². The lowest BCUT2D eigenvalue weighted by Crippen LogP contribution is -2.41. The van der Waals surface area contributed by atoms with Gasteiger partial charge in [-0.05, 0) is 24.2 Å². The van der Waals surface area contributed by atoms with Crippen LogP contribution in [0.25, 0.3) is 0 Å². The first-order chi connectivity index (χ1) is 8.23. The molecule has 1 heterocycles. The van der Waals surface area contributed by atoms with E-state index in [2.05, 4.69) is 5.87 Å². The van der Waals surface area contributed by atoms with E-state index in [0.29, 0.717) is 4.21 Å². The molecule has 0 aliphatic heterocycles. The average molecular weight is 329 g/mol. The van der Waals surface area contributed by atoms with Crippen LogP contribution in [0.5, 0.6) is 0 Å². The predicted molar refractivity (Wildman–Crippen MR) is 78.4 cm³/mol. The summed E-state index contributed by atoms with van der Waals surface area (Å²) in [6.07, 6.45) is -0.882. The number of carbonyl (C=O) groups is 1. The molecule has 2 unspecified atom stereocenters. The van der Waals surface area contributed by atoms with Gasteiger partial charge < -0.3 is 4.74 Å². The summed E-state index contributed by atoms with van der Waals surface area (Å²) in [5.74, 6) is 3.50. The van der Waals surface area contributed by atoms with Crippen molar-refractivity contribution in [1.82, 2.24) is 0 Å². The van der Waals surface area contributed by atoms with Crippen molar-refractivity contribution in [1.29, 1.82) is 0 Å². The first-order valence-electron chi connectivity index (χ1n) is 5.04. The highest BCUT2D eigenvalue weighted by Gasteiger charge is 2.45. The Hall–Kier alpha value is -0.0700. The number of methoxy groups -OCH3 is 1. The second kappa shape index (κ2) is 5.92. The molecule has 0 spiro atoms. The maximum absolute atomic E-state index is 12.7. The molecule has 0 aromatic carbocycles. The number of ketones is 1. The quantitative estimate of drug-likeness (QED) is 0.595. The summed E-state index contributed by atoms with van der Waals surface area (Å²) < 4.78 is 16.5. The third kappa shape index (κ3) is 3.08. The van der Waals surface area contributed by atoms with E-state index in [9.17, 15) is 9.00 Å². The number of rotatable bonds is 6. The Morgan fingerprint density at radius 3 is 2.67 bits per heavy atom. The summed E-state index contributed by atoms with van der Waals surface area (Å²) in [5.41, 5.74) is 0. The van der Waals surface area contributed by atoms with Gasteiger partial charge in [0, 0.05) is 23.1 Å². The summed E-state index contributed by atoms with van der Waals surface area (Å²) in [6.45, 7) is 1.39. The fourth-order valence-electron chi connectivity index (χ4n) is 1.40. The Bertz CT molecular complexity index is 506. The Kier molecular flexibility index (Phi) is 5.26. The van der Waals surface area contributed by atoms with Crippen LogP contribution in [0.1, 0.15) is 13.3 Å². The maximum atomic E-state index is 12.7. The molecule has 18 heavy (non-hydrogen) atoms. The van der Waals surface area contributed by atoms with Gasteiger partial charge in [0.2, 0.25) is 3.67 Å². The van der Waals surface area contributed by atoms with Crippen LogP contribution in [-0.2, 0) is 19.1 Å². The fraction of sp³-hybridized carbons (Fsp3) is 0.455. The van der Waals surface area contributed by atoms with Crippen molar-refractivity contribution in [3.05, 3.63) is 17.5 Å². The van der Waals surface area contributed by atoms with E-state index in [0.717, 1.165) is 0 Å². The van der Waals surface area contributed by atoms with Crippen LogP contribution in [0.3, 0.4) is 0 Å². The first-order valence-corrected chi connectivity index (χ1v) is 8.40. The molecule has 0 fully saturated rings. The van der Waals surface area contributed by atoms with Crippen molar-refractivity contribution in [2.24, 2.45) is 0 Å². The lowest BCUT2D eigenvalue weighted by atomic mass is 10.2. The molecule has 0 aliphatic rings. The Morgan fingerprint density at radius 1 is 1.67 bits per heavy atom. The number of thiophene rings is 1. The van der Waals surface area contributed by atoms with Gasteiger partial charge in [-0.25, -0.2) is 0 Å². The lowest BCUT2D eigenvalue weighted by molar-refractivity contribution is -0.119. The smallest absolute Gasteiger partial charge is 0.215 e. The van der Waals surface area contributed by atoms with Crippen molar-refractivity contribution in [3.63, 3.8) is 0 Å². The lowest BCUT2D eigenvalue weighted by Gasteiger charge is -2.30. The van der Waals surface area contributed by atoms with Gasteiger partial charge in [-0.2, -0.15) is 0 Å². The molecule has 0 bridgehead atoms. The molecule has 2 atom stereocenters. The van der Waals surface area contributed by atoms with E-state index < -0.39 is 19.3 Å². The van der Waals surface area contributed by atoms with Crippen LogP contribution in [0.15, 0.2) is 21.7 Å². The average Bonchev–Trinajstić information content (AvgIpc) is 2.78. The molecule has 1 aromatic heterocycles. The van der Waals surface area contributed by atoms with Crippen molar-refractivity contribution in [3.8, 4) is 0 Å². The minimum Gasteiger partial charge on any atom is -0.377 e. The molecule has 3 nitrogen and oxygen atoms in total. The molecule has 0 amide bonds. The van der Waals surface area contributed by atoms with E-state index in [1.54, 1.807) is 17.5 Å². The number of Topliss-reactive ketones (excluding diaryl/α,β-unsaturated/α-hetero) is 1. The van der Waals surface area contributed by atoms with Gasteiger partial charge in [0.05, 0.1) is 4.21 Å². The van der Waals surface area contributed by atoms with E-state index in [-0.39, 0.29) is 12.2 Å². The van der Waals surface area contributed by atoms with Crippen LogP contribution < -0.4 is 0 Å². The molecule has 0 radical (unpaired) electrons. The molecule has 0 saturated heterocycles. The van der Waals surface area contributed by atoms with Crippen molar-refractivity contribution >= 4 is 55.7 Å². The molecule has 1 rings (SSSR count). The molecular weight excluding hydrogens is 315 g/mol. The Labute approximate surface area is 121 Å². The molecular formula is C11H14Cl2O3S2. The monoisotopic (exact) mass is 328 g/mol. The minimum atomic E-state index is -2.98. The van der Waals surface area contributed by atoms with Gasteiger partial charge in [-0.15, -0.1) is 11.3 Å². The summed E-state index contributed by atoms with van der Waals surface area (Å²) in [5, 5.41) is 1.76. The topological polar surface area (TPSA) is 43.4 Å². The zero-order valence-corrected chi connectivity index (χ0v) is 13.2. The third-order valence-corrected chi connectivity index (χ3v) is 8.06. The largest absolute Gasteiger partial charge is 0.377 e. The predicted octanol–water partition coefficient (Wildman–Crippen LogP) is 2.95. The number of alkyl halides is 2. The van der Waals surface area contributed by atoms with Crippen LogP contribution in [0.4, 0.5) is 0 Å². The highest BCUT2D eigenvalue weighted by Crippen LogP contribution is 2.41. The maximum Gasteiger partial charge on any atom is 0.215 e. The van der Waals surface area contributed by atoms with E-state index in [1.807, 2.05) is 0 Å². The van der Waals surface area contributed by atoms with E-state index >= 15 is 0 Å². The second-order valence-corrected chi connectivity index (χ2v) is 9.27. The molecule has 102 valence electrons. The van der Waals surface area contributed by atoms with Gasteiger partial charge in [0.15, 0.2) is 0 Å². The zero-order valence-electron chi connectivity index (χ0n) is 10.0. The zero-order chi connectivity index (χ0) is 14.0. The van der Waals surface area contributed by atoms with Gasteiger partial charge in [0.1, 0.15) is 11.9 Å². The summed E-state index contributed by atoms with van der Waals surface area (Å²) in [7, 11) is -1.61. The normalized spacial score (nSPS) is 17.1. The van der Waals surface area contributed by atoms with E-state index in [1.165, 1.54) is 25.4 Å². The Balaban J connectivity index is 3.15. The number of carbonyl (C=O) groups excluding carboxylic acids is 1. The molecule has 0 saturated carbocycles. The molecule has 0 aliphatic carbocycles. The standard InChI is InChI=1S/C11H14Cl2O3S2/c1-8(14)7-9(16-2)11(12,13)18(3,15)10-5-4-6-17-10/h4-6,9H,3,7H2,1-2H3. The highest BCUT2D eigenvalue weighted by atomic mass is 35.5.